The van der Waals surface area contributed by atoms with Crippen LogP contribution in [-0.4, -0.2) is 50.5 Å². The number of aromatic hydroxyl groups is 1. The van der Waals surface area contributed by atoms with Crippen molar-refractivity contribution in [3.63, 3.8) is 0 Å². The largest absolute Gasteiger partial charge is 0.502 e. The van der Waals surface area contributed by atoms with Crippen molar-refractivity contribution >= 4 is 17.2 Å². The molecular weight excluding hydrogens is 488 g/mol. The van der Waals surface area contributed by atoms with Crippen LogP contribution in [0.3, 0.4) is 0 Å². The van der Waals surface area contributed by atoms with E-state index in [4.69, 9.17) is 0 Å². The van der Waals surface area contributed by atoms with Crippen LogP contribution in [0, 0.1) is 23.0 Å². The van der Waals surface area contributed by atoms with Crippen LogP contribution in [0.5, 0.6) is 5.75 Å². The first-order valence-corrected chi connectivity index (χ1v) is 12.7. The molecule has 1 unspecified atom stereocenters. The smallest absolute Gasteiger partial charge is 0.278 e. The monoisotopic (exact) mass is 513 g/mol. The Morgan fingerprint density at radius 2 is 2.00 bits per heavy atom. The topological polar surface area (TPSA) is 91.6 Å². The molecule has 188 valence electrons. The van der Waals surface area contributed by atoms with Gasteiger partial charge in [-0.05, 0) is 43.2 Å². The molecule has 2 fully saturated rings. The molecule has 0 radical (unpaired) electrons. The Morgan fingerprint density at radius 3 is 2.69 bits per heavy atom. The van der Waals surface area contributed by atoms with Gasteiger partial charge in [0.05, 0.1) is 5.56 Å². The van der Waals surface area contributed by atoms with Gasteiger partial charge in [-0.1, -0.05) is 24.3 Å². The number of halogens is 2. The number of fused-ring (bicyclic) bond motifs is 3. The van der Waals surface area contributed by atoms with Crippen LogP contribution < -0.4 is 10.4 Å². The molecule has 8 nitrogen and oxygen atoms in total. The van der Waals surface area contributed by atoms with Crippen molar-refractivity contribution in [2.24, 2.45) is 11.3 Å². The second-order valence-electron chi connectivity index (χ2n) is 9.98. The van der Waals surface area contributed by atoms with Crippen LogP contribution >= 0.6 is 11.3 Å². The van der Waals surface area contributed by atoms with Gasteiger partial charge < -0.3 is 10.0 Å². The fourth-order valence-electron chi connectivity index (χ4n) is 6.74. The van der Waals surface area contributed by atoms with Crippen molar-refractivity contribution in [3.8, 4) is 16.3 Å². The molecule has 0 saturated heterocycles. The van der Waals surface area contributed by atoms with E-state index in [1.54, 1.807) is 22.8 Å². The molecule has 36 heavy (non-hydrogen) atoms. The zero-order chi connectivity index (χ0) is 25.6. The van der Waals surface area contributed by atoms with Crippen molar-refractivity contribution in [2.75, 3.05) is 19.1 Å². The maximum atomic E-state index is 14.1. The molecule has 2 saturated carbocycles. The van der Waals surface area contributed by atoms with Crippen molar-refractivity contribution in [2.45, 2.75) is 44.7 Å². The molecule has 1 amide bonds. The minimum absolute atomic E-state index is 0.0299. The summed E-state index contributed by atoms with van der Waals surface area (Å²) >= 11 is 1.09. The maximum absolute atomic E-state index is 14.1. The Morgan fingerprint density at radius 1 is 1.22 bits per heavy atom. The summed E-state index contributed by atoms with van der Waals surface area (Å²) in [6, 6.07) is 3.32. The minimum Gasteiger partial charge on any atom is -0.502 e. The van der Waals surface area contributed by atoms with Crippen LogP contribution in [0.25, 0.3) is 10.6 Å². The number of benzene rings is 1. The Hall–Kier alpha value is -3.34. The highest BCUT2D eigenvalue weighted by atomic mass is 32.1. The molecular formula is C25H25F2N5O3S. The summed E-state index contributed by atoms with van der Waals surface area (Å²) in [7, 11) is 3.64. The normalized spacial score (nSPS) is 26.5. The van der Waals surface area contributed by atoms with Gasteiger partial charge in [0, 0.05) is 38.2 Å². The first kappa shape index (κ1) is 23.1. The van der Waals surface area contributed by atoms with Crippen LogP contribution in [0.2, 0.25) is 0 Å². The lowest BCUT2D eigenvalue weighted by atomic mass is 9.84. The average molecular weight is 514 g/mol. The van der Waals surface area contributed by atoms with Crippen molar-refractivity contribution in [1.82, 2.24) is 19.8 Å². The van der Waals surface area contributed by atoms with Gasteiger partial charge in [-0.15, -0.1) is 10.2 Å². The van der Waals surface area contributed by atoms with Gasteiger partial charge in [-0.25, -0.2) is 8.78 Å². The fraction of sp³-hybridized carbons (Fsp3) is 0.440. The van der Waals surface area contributed by atoms with E-state index < -0.39 is 28.5 Å². The lowest BCUT2D eigenvalue weighted by Crippen LogP contribution is -2.71. The number of carbonyl (C=O) groups excluding carboxylic acids is 1. The summed E-state index contributed by atoms with van der Waals surface area (Å²) in [5.41, 5.74) is -1.02. The first-order valence-electron chi connectivity index (χ1n) is 11.9. The Kier molecular flexibility index (Phi) is 4.86. The zero-order valence-corrected chi connectivity index (χ0v) is 20.9. The van der Waals surface area contributed by atoms with Crippen LogP contribution in [0.4, 0.5) is 8.78 Å². The lowest BCUT2D eigenvalue weighted by Gasteiger charge is -2.56. The quantitative estimate of drug-likeness (QED) is 0.574. The van der Waals surface area contributed by atoms with Crippen molar-refractivity contribution in [1.29, 1.82) is 0 Å². The summed E-state index contributed by atoms with van der Waals surface area (Å²) < 4.78 is 28.9. The van der Waals surface area contributed by atoms with Gasteiger partial charge in [0.2, 0.25) is 5.43 Å². The third-order valence-electron chi connectivity index (χ3n) is 8.64. The van der Waals surface area contributed by atoms with E-state index in [-0.39, 0.29) is 39.6 Å². The van der Waals surface area contributed by atoms with E-state index in [9.17, 15) is 23.5 Å². The summed E-state index contributed by atoms with van der Waals surface area (Å²) in [6.07, 6.45) is 5.41. The van der Waals surface area contributed by atoms with Crippen LogP contribution in [0.1, 0.15) is 53.7 Å². The average Bonchev–Trinajstić information content (AvgIpc) is 3.23. The van der Waals surface area contributed by atoms with Crippen molar-refractivity contribution < 1.29 is 18.7 Å². The highest BCUT2D eigenvalue weighted by Crippen LogP contribution is 2.72. The minimum atomic E-state index is -0.719. The zero-order valence-electron chi connectivity index (χ0n) is 20.1. The van der Waals surface area contributed by atoms with Crippen LogP contribution in [-0.2, 0) is 6.42 Å². The second-order valence-corrected chi connectivity index (χ2v) is 11.0. The number of pyridine rings is 1. The lowest BCUT2D eigenvalue weighted by molar-refractivity contribution is 0.00929. The molecule has 2 aromatic heterocycles. The fourth-order valence-corrected chi connectivity index (χ4v) is 7.61. The number of amides is 1. The highest BCUT2D eigenvalue weighted by Gasteiger charge is 2.74. The molecule has 3 aliphatic rings. The van der Waals surface area contributed by atoms with Gasteiger partial charge in [-0.3, -0.25) is 19.3 Å². The molecule has 1 aliphatic heterocycles. The van der Waals surface area contributed by atoms with E-state index >= 15 is 0 Å². The van der Waals surface area contributed by atoms with E-state index in [2.05, 4.69) is 17.1 Å². The summed E-state index contributed by atoms with van der Waals surface area (Å²) in [5.74, 6) is -1.83. The molecule has 3 aromatic rings. The summed E-state index contributed by atoms with van der Waals surface area (Å²) in [6.45, 7) is 2.15. The SMILES string of the molecule is CC[C@]12C[C@H]1CCC21N(C)C(=O)c2c(O)c(=O)c(-c3nnc(Cc4ccc(F)cc4F)s3)cn2N1C. The summed E-state index contributed by atoms with van der Waals surface area (Å²) in [5, 5.41) is 21.8. The van der Waals surface area contributed by atoms with Gasteiger partial charge >= 0.3 is 0 Å². The number of aromatic nitrogens is 3. The van der Waals surface area contributed by atoms with Crippen LogP contribution in [0.15, 0.2) is 29.2 Å². The number of hydrogen-bond donors (Lipinski definition) is 1. The van der Waals surface area contributed by atoms with Gasteiger partial charge in [-0.2, -0.15) is 0 Å². The van der Waals surface area contributed by atoms with E-state index in [0.717, 1.165) is 43.1 Å². The van der Waals surface area contributed by atoms with Gasteiger partial charge in [0.15, 0.2) is 16.5 Å². The third-order valence-corrected chi connectivity index (χ3v) is 9.60. The predicted octanol–water partition coefficient (Wildman–Crippen LogP) is 3.50. The Balaban J connectivity index is 1.43. The molecule has 2 aliphatic carbocycles. The third kappa shape index (κ3) is 2.83. The van der Waals surface area contributed by atoms with E-state index in [1.165, 1.54) is 12.1 Å². The predicted molar refractivity (Wildman–Crippen MR) is 129 cm³/mol. The van der Waals surface area contributed by atoms with Gasteiger partial charge in [0.1, 0.15) is 22.3 Å². The standard InChI is InChI=1S/C25H25F2N5O3S/c1-4-24-11-14(24)7-8-25(24)30(2)23(35)19-21(34)20(33)16(12-32(19)31(25)3)22-29-28-18(36-22)9-13-5-6-15(26)10-17(13)27/h5-6,10,12,14,34H,4,7-9,11H2,1-3H3/t14-,24+,25?/m1/s1. The number of carbonyl (C=O) groups is 1. The molecule has 1 N–H and O–H groups in total. The Bertz CT molecular complexity index is 1480. The maximum Gasteiger partial charge on any atom is 0.278 e. The van der Waals surface area contributed by atoms with Crippen molar-refractivity contribution in [3.05, 3.63) is 62.5 Å². The molecule has 0 bridgehead atoms. The molecule has 11 heteroatoms. The highest BCUT2D eigenvalue weighted by molar-refractivity contribution is 7.14. The Labute approximate surface area is 209 Å². The second kappa shape index (κ2) is 7.58. The summed E-state index contributed by atoms with van der Waals surface area (Å²) in [4.78, 5) is 28.4. The number of rotatable bonds is 4. The molecule has 1 spiro atoms. The van der Waals surface area contributed by atoms with Gasteiger partial charge in [0.25, 0.3) is 5.91 Å². The molecule has 3 atom stereocenters. The molecule has 3 heterocycles. The molecule has 1 aromatic carbocycles. The molecule has 6 rings (SSSR count). The number of nitrogens with zero attached hydrogens (tertiary/aromatic N) is 5. The number of hydrogen-bond acceptors (Lipinski definition) is 7. The van der Waals surface area contributed by atoms with E-state index in [0.29, 0.717) is 10.9 Å². The first-order chi connectivity index (χ1) is 17.1. The van der Waals surface area contributed by atoms with E-state index in [1.807, 2.05) is 12.1 Å².